The molecule has 17 heteroatoms. The van der Waals surface area contributed by atoms with Gasteiger partial charge in [0.1, 0.15) is 0 Å². The minimum Gasteiger partial charge on any atom is -0.431 e. The zero-order valence-electron chi connectivity index (χ0n) is 23.5. The quantitative estimate of drug-likeness (QED) is 0.104. The van der Waals surface area contributed by atoms with Crippen LogP contribution in [0, 0.1) is 20.2 Å². The summed E-state index contributed by atoms with van der Waals surface area (Å²) in [6, 6.07) is 8.36. The molecule has 0 saturated carbocycles. The summed E-state index contributed by atoms with van der Waals surface area (Å²) in [5, 5.41) is 30.5. The molecule has 7 N–H and O–H groups in total. The van der Waals surface area contributed by atoms with Crippen molar-refractivity contribution in [3.05, 3.63) is 78.9 Å². The van der Waals surface area contributed by atoms with Crippen molar-refractivity contribution >= 4 is 35.4 Å². The Bertz CT molecular complexity index is 1270. The van der Waals surface area contributed by atoms with E-state index in [4.69, 9.17) is 20.9 Å². The van der Waals surface area contributed by atoms with Crippen LogP contribution in [0.5, 0.6) is 0 Å². The van der Waals surface area contributed by atoms with Gasteiger partial charge in [-0.15, -0.1) is 0 Å². The van der Waals surface area contributed by atoms with E-state index in [1.165, 1.54) is 38.4 Å². The van der Waals surface area contributed by atoms with Crippen molar-refractivity contribution in [3.8, 4) is 0 Å². The molecule has 0 saturated heterocycles. The first-order valence-corrected chi connectivity index (χ1v) is 13.0. The number of rotatable bonds is 16. The SMILES string of the molecule is CNC(=O)OC(C(N)=O)c1cc(CCCNCCCc2ccc([N+](=O)[O-])c(C(OC(=O)NC)C(N)=O)c2)ccc1[N+](=O)[O-]. The summed E-state index contributed by atoms with van der Waals surface area (Å²) in [6.45, 7) is 1.13. The molecule has 0 aliphatic carbocycles. The van der Waals surface area contributed by atoms with E-state index in [1.54, 1.807) is 12.1 Å². The maximum atomic E-state index is 11.9. The molecule has 0 aliphatic rings. The number of nitrogens with two attached hydrogens (primary N) is 2. The smallest absolute Gasteiger partial charge is 0.408 e. The van der Waals surface area contributed by atoms with E-state index in [9.17, 15) is 39.4 Å². The van der Waals surface area contributed by atoms with E-state index < -0.39 is 57.4 Å². The summed E-state index contributed by atoms with van der Waals surface area (Å²) in [5.41, 5.74) is 10.9. The number of aryl methyl sites for hydroxylation is 2. The van der Waals surface area contributed by atoms with Crippen molar-refractivity contribution in [1.82, 2.24) is 16.0 Å². The number of alkyl carbamates (subject to hydrolysis) is 2. The van der Waals surface area contributed by atoms with E-state index >= 15 is 0 Å². The Hall–Kier alpha value is -5.32. The van der Waals surface area contributed by atoms with Gasteiger partial charge in [-0.3, -0.25) is 29.8 Å². The molecule has 0 bridgehead atoms. The van der Waals surface area contributed by atoms with Gasteiger partial charge in [-0.2, -0.15) is 0 Å². The number of nitrogens with zero attached hydrogens (tertiary/aromatic N) is 2. The first kappa shape index (κ1) is 33.9. The van der Waals surface area contributed by atoms with Gasteiger partial charge in [-0.05, 0) is 62.0 Å². The van der Waals surface area contributed by atoms with Crippen LogP contribution in [0.25, 0.3) is 0 Å². The molecule has 232 valence electrons. The van der Waals surface area contributed by atoms with Crippen LogP contribution in [0.3, 0.4) is 0 Å². The molecule has 0 spiro atoms. The molecule has 2 rings (SSSR count). The number of ether oxygens (including phenoxy) is 2. The van der Waals surface area contributed by atoms with Crippen LogP contribution < -0.4 is 27.4 Å². The average Bonchev–Trinajstić information content (AvgIpc) is 2.97. The number of hydrogen-bond acceptors (Lipinski definition) is 11. The third-order valence-corrected chi connectivity index (χ3v) is 6.16. The molecule has 2 unspecified atom stereocenters. The number of nitro groups is 2. The topological polar surface area (TPSA) is 261 Å². The van der Waals surface area contributed by atoms with Crippen LogP contribution in [0.4, 0.5) is 21.0 Å². The van der Waals surface area contributed by atoms with Crippen LogP contribution >= 0.6 is 0 Å². The van der Waals surface area contributed by atoms with Crippen LogP contribution in [0.15, 0.2) is 36.4 Å². The van der Waals surface area contributed by atoms with E-state index in [-0.39, 0.29) is 11.1 Å². The Kier molecular flexibility index (Phi) is 12.8. The summed E-state index contributed by atoms with van der Waals surface area (Å²) in [4.78, 5) is 68.6. The second kappa shape index (κ2) is 16.2. The van der Waals surface area contributed by atoms with Gasteiger partial charge >= 0.3 is 12.2 Å². The molecule has 0 aliphatic heterocycles. The van der Waals surface area contributed by atoms with Crippen molar-refractivity contribution in [2.45, 2.75) is 37.9 Å². The molecule has 0 heterocycles. The fourth-order valence-corrected chi connectivity index (χ4v) is 4.11. The highest BCUT2D eigenvalue weighted by Crippen LogP contribution is 2.30. The Balaban J connectivity index is 1.98. The van der Waals surface area contributed by atoms with Gasteiger partial charge in [0.25, 0.3) is 23.2 Å². The highest BCUT2D eigenvalue weighted by molar-refractivity contribution is 5.85. The van der Waals surface area contributed by atoms with Crippen LogP contribution in [0.1, 0.15) is 47.3 Å². The molecule has 4 amide bonds. The normalized spacial score (nSPS) is 12.0. The Morgan fingerprint density at radius 2 is 1.12 bits per heavy atom. The summed E-state index contributed by atoms with van der Waals surface area (Å²) < 4.78 is 9.90. The minimum absolute atomic E-state index is 0.131. The Labute approximate surface area is 245 Å². The fraction of sp³-hybridized carbons (Fsp3) is 0.385. The second-order valence-electron chi connectivity index (χ2n) is 9.13. The van der Waals surface area contributed by atoms with Crippen LogP contribution in [-0.2, 0) is 31.9 Å². The summed E-state index contributed by atoms with van der Waals surface area (Å²) in [5.74, 6) is -2.12. The largest absolute Gasteiger partial charge is 0.431 e. The van der Waals surface area contributed by atoms with E-state index in [1.807, 2.05) is 0 Å². The van der Waals surface area contributed by atoms with Crippen molar-refractivity contribution in [1.29, 1.82) is 0 Å². The second-order valence-corrected chi connectivity index (χ2v) is 9.13. The molecule has 2 aromatic rings. The average molecular weight is 604 g/mol. The predicted octanol–water partition coefficient (Wildman–Crippen LogP) is 1.42. The lowest BCUT2D eigenvalue weighted by atomic mass is 10.00. The number of benzene rings is 2. The number of amides is 4. The Morgan fingerprint density at radius 1 is 0.744 bits per heavy atom. The van der Waals surface area contributed by atoms with Gasteiger partial charge in [0.15, 0.2) is 0 Å². The third kappa shape index (κ3) is 9.92. The van der Waals surface area contributed by atoms with Crippen LogP contribution in [-0.4, -0.2) is 61.0 Å². The first-order valence-electron chi connectivity index (χ1n) is 13.0. The fourth-order valence-electron chi connectivity index (χ4n) is 4.11. The highest BCUT2D eigenvalue weighted by Gasteiger charge is 2.31. The molecule has 0 radical (unpaired) electrons. The van der Waals surface area contributed by atoms with Gasteiger partial charge in [0, 0.05) is 26.2 Å². The third-order valence-electron chi connectivity index (χ3n) is 6.16. The van der Waals surface area contributed by atoms with Gasteiger partial charge < -0.3 is 36.9 Å². The van der Waals surface area contributed by atoms with Gasteiger partial charge in [0.2, 0.25) is 12.2 Å². The van der Waals surface area contributed by atoms with E-state index in [0.717, 1.165) is 0 Å². The molecule has 2 aromatic carbocycles. The van der Waals surface area contributed by atoms with Crippen molar-refractivity contribution < 1.29 is 38.5 Å². The van der Waals surface area contributed by atoms with E-state index in [2.05, 4.69) is 16.0 Å². The van der Waals surface area contributed by atoms with Gasteiger partial charge in [-0.1, -0.05) is 12.1 Å². The number of carbonyl (C=O) groups is 4. The lowest BCUT2D eigenvalue weighted by molar-refractivity contribution is -0.386. The molecule has 0 fully saturated rings. The molecular formula is C26H33N7O10. The summed E-state index contributed by atoms with van der Waals surface area (Å²) >= 11 is 0. The zero-order valence-corrected chi connectivity index (χ0v) is 23.5. The van der Waals surface area contributed by atoms with Crippen LogP contribution in [0.2, 0.25) is 0 Å². The van der Waals surface area contributed by atoms with Crippen molar-refractivity contribution in [3.63, 3.8) is 0 Å². The first-order chi connectivity index (χ1) is 20.4. The standard InChI is InChI=1S/C26H33N7O10/c1-29-25(36)42-21(23(27)34)17-13-15(7-9-19(17)32(38)39)5-3-11-31-12-4-6-16-8-10-20(33(40)41)18(14-16)22(24(28)35)43-26(37)30-2/h7-10,13-14,21-22,31H,3-6,11-12H2,1-2H3,(H2,27,34)(H2,28,35)(H,29,36)(H,30,37). The summed E-state index contributed by atoms with van der Waals surface area (Å²) in [6.07, 6.45) is -3.03. The minimum atomic E-state index is -1.65. The highest BCUT2D eigenvalue weighted by atomic mass is 16.6. The van der Waals surface area contributed by atoms with Crippen molar-refractivity contribution in [2.75, 3.05) is 27.2 Å². The monoisotopic (exact) mass is 603 g/mol. The number of carbonyl (C=O) groups excluding carboxylic acids is 4. The number of nitrogens with one attached hydrogen (secondary N) is 3. The number of hydrogen-bond donors (Lipinski definition) is 5. The maximum Gasteiger partial charge on any atom is 0.408 e. The summed E-state index contributed by atoms with van der Waals surface area (Å²) in [7, 11) is 2.54. The molecule has 17 nitrogen and oxygen atoms in total. The predicted molar refractivity (Wildman–Crippen MR) is 151 cm³/mol. The van der Waals surface area contributed by atoms with Gasteiger partial charge in [0.05, 0.1) is 21.0 Å². The molecule has 0 aromatic heterocycles. The lowest BCUT2D eigenvalue weighted by Crippen LogP contribution is -2.30. The van der Waals surface area contributed by atoms with Gasteiger partial charge in [-0.25, -0.2) is 9.59 Å². The Morgan fingerprint density at radius 3 is 1.42 bits per heavy atom. The molecule has 2 atom stereocenters. The lowest BCUT2D eigenvalue weighted by Gasteiger charge is -2.16. The number of primary amides is 2. The number of nitro benzene ring substituents is 2. The molecular weight excluding hydrogens is 570 g/mol. The zero-order chi connectivity index (χ0) is 32.1. The maximum absolute atomic E-state index is 11.9. The molecule has 43 heavy (non-hydrogen) atoms. The van der Waals surface area contributed by atoms with E-state index in [0.29, 0.717) is 49.9 Å². The van der Waals surface area contributed by atoms with Crippen molar-refractivity contribution in [2.24, 2.45) is 11.5 Å².